The molecule has 0 spiro atoms. The van der Waals surface area contributed by atoms with E-state index in [9.17, 15) is 14.0 Å². The number of rotatable bonds is 6. The lowest BCUT2D eigenvalue weighted by Crippen LogP contribution is -2.40. The summed E-state index contributed by atoms with van der Waals surface area (Å²) >= 11 is 1.28. The molecule has 3 aromatic carbocycles. The number of methoxy groups -OCH3 is 1. The number of para-hydroxylation sites is 1. The molecule has 1 aliphatic heterocycles. The van der Waals surface area contributed by atoms with Gasteiger partial charge in [-0.05, 0) is 92.6 Å². The number of thiazole rings is 1. The van der Waals surface area contributed by atoms with E-state index in [1.54, 1.807) is 30.7 Å². The number of benzene rings is 3. The average Bonchev–Trinajstić information content (AvgIpc) is 3.46. The average molecular weight is 593 g/mol. The van der Waals surface area contributed by atoms with Gasteiger partial charge in [0.15, 0.2) is 4.80 Å². The van der Waals surface area contributed by atoms with E-state index in [-0.39, 0.29) is 17.3 Å². The number of carbonyl (C=O) groups excluding carboxylic acids is 1. The van der Waals surface area contributed by atoms with Gasteiger partial charge in [0.1, 0.15) is 11.6 Å². The van der Waals surface area contributed by atoms with Gasteiger partial charge in [-0.25, -0.2) is 9.38 Å². The fourth-order valence-corrected chi connectivity index (χ4v) is 6.56. The van der Waals surface area contributed by atoms with Crippen molar-refractivity contribution < 1.29 is 13.9 Å². The summed E-state index contributed by atoms with van der Waals surface area (Å²) in [6, 6.07) is 24.2. The molecule has 216 valence electrons. The second-order valence-corrected chi connectivity index (χ2v) is 11.3. The fraction of sp³-hybridized carbons (Fsp3) is 0.147. The van der Waals surface area contributed by atoms with E-state index in [0.717, 1.165) is 28.2 Å². The largest absolute Gasteiger partial charge is 0.497 e. The zero-order chi connectivity index (χ0) is 30.2. The lowest BCUT2D eigenvalue weighted by atomic mass is 9.95. The van der Waals surface area contributed by atoms with Crippen LogP contribution in [0.25, 0.3) is 11.8 Å². The maximum absolute atomic E-state index is 14.1. The van der Waals surface area contributed by atoms with Crippen LogP contribution in [0.1, 0.15) is 35.5 Å². The van der Waals surface area contributed by atoms with Gasteiger partial charge in [-0.2, -0.15) is 0 Å². The zero-order valence-electron chi connectivity index (χ0n) is 24.1. The van der Waals surface area contributed by atoms with Crippen LogP contribution in [0.5, 0.6) is 5.75 Å². The lowest BCUT2D eigenvalue weighted by molar-refractivity contribution is -0.113. The first-order valence-electron chi connectivity index (χ1n) is 13.7. The van der Waals surface area contributed by atoms with Crippen molar-refractivity contribution in [3.8, 4) is 11.4 Å². The van der Waals surface area contributed by atoms with Gasteiger partial charge in [0.2, 0.25) is 0 Å². The lowest BCUT2D eigenvalue weighted by Gasteiger charge is -2.25. The van der Waals surface area contributed by atoms with Crippen molar-refractivity contribution in [1.82, 2.24) is 9.13 Å². The van der Waals surface area contributed by atoms with Crippen molar-refractivity contribution in [2.75, 3.05) is 12.4 Å². The molecule has 6 rings (SSSR count). The molecule has 0 unspecified atom stereocenters. The van der Waals surface area contributed by atoms with Crippen LogP contribution in [0, 0.1) is 19.7 Å². The minimum atomic E-state index is -0.719. The number of ether oxygens (including phenoxy) is 1. The molecule has 0 radical (unpaired) electrons. The Morgan fingerprint density at radius 2 is 1.74 bits per heavy atom. The second kappa shape index (κ2) is 11.3. The molecule has 1 atom stereocenters. The van der Waals surface area contributed by atoms with Crippen LogP contribution in [0.15, 0.2) is 106 Å². The molecule has 1 aliphatic rings. The molecule has 5 aromatic rings. The van der Waals surface area contributed by atoms with Gasteiger partial charge < -0.3 is 14.6 Å². The quantitative estimate of drug-likeness (QED) is 0.286. The van der Waals surface area contributed by atoms with Crippen LogP contribution < -0.4 is 24.9 Å². The maximum Gasteiger partial charge on any atom is 0.271 e. The molecular formula is C34H29FN4O3S. The standard InChI is InChI=1S/C34H29FN4O3S/c1-20-17-24(22(3)38(20)27-15-13-25(35)14-16-27)19-29-33(41)39-31(23-9-8-12-28(18-23)42-4)30(21(2)36-34(39)43-29)32(40)37-26-10-6-5-7-11-26/h5-19,31H,1-4H3,(H,37,40)/b29-19-/t31-/m0/s1. The molecule has 0 saturated carbocycles. The smallest absolute Gasteiger partial charge is 0.271 e. The summed E-state index contributed by atoms with van der Waals surface area (Å²) in [4.78, 5) is 33.2. The number of nitrogens with zero attached hydrogens (tertiary/aromatic N) is 3. The van der Waals surface area contributed by atoms with Crippen LogP contribution >= 0.6 is 11.3 Å². The monoisotopic (exact) mass is 592 g/mol. The Labute approximate surface area is 251 Å². The highest BCUT2D eigenvalue weighted by molar-refractivity contribution is 7.07. The Hall–Kier alpha value is -5.02. The van der Waals surface area contributed by atoms with Gasteiger partial charge in [-0.3, -0.25) is 14.2 Å². The number of hydrogen-bond acceptors (Lipinski definition) is 5. The van der Waals surface area contributed by atoms with Crippen LogP contribution in [0.3, 0.4) is 0 Å². The first kappa shape index (κ1) is 28.1. The van der Waals surface area contributed by atoms with Crippen molar-refractivity contribution >= 4 is 29.0 Å². The fourth-order valence-electron chi connectivity index (χ4n) is 5.52. The predicted octanol–water partition coefficient (Wildman–Crippen LogP) is 5.43. The number of allylic oxidation sites excluding steroid dienone is 1. The van der Waals surface area contributed by atoms with E-state index in [1.807, 2.05) is 85.2 Å². The predicted molar refractivity (Wildman–Crippen MR) is 167 cm³/mol. The molecule has 1 amide bonds. The first-order valence-corrected chi connectivity index (χ1v) is 14.5. The van der Waals surface area contributed by atoms with Crippen LogP contribution in [-0.2, 0) is 4.79 Å². The number of aryl methyl sites for hydroxylation is 1. The minimum absolute atomic E-state index is 0.249. The van der Waals surface area contributed by atoms with E-state index < -0.39 is 6.04 Å². The molecular weight excluding hydrogens is 563 g/mol. The summed E-state index contributed by atoms with van der Waals surface area (Å²) in [5.41, 5.74) is 5.60. The molecule has 1 N–H and O–H groups in total. The summed E-state index contributed by atoms with van der Waals surface area (Å²) in [5.74, 6) is -0.0204. The number of fused-ring (bicyclic) bond motifs is 1. The molecule has 0 bridgehead atoms. The summed E-state index contributed by atoms with van der Waals surface area (Å²) in [5, 5.41) is 2.97. The number of aromatic nitrogens is 2. The second-order valence-electron chi connectivity index (χ2n) is 10.3. The Bertz CT molecular complexity index is 2070. The maximum atomic E-state index is 14.1. The Balaban J connectivity index is 1.50. The summed E-state index contributed by atoms with van der Waals surface area (Å²) in [6.07, 6.45) is 1.86. The molecule has 0 aliphatic carbocycles. The van der Waals surface area contributed by atoms with E-state index in [4.69, 9.17) is 9.73 Å². The molecule has 43 heavy (non-hydrogen) atoms. The van der Waals surface area contributed by atoms with Gasteiger partial charge in [0.25, 0.3) is 11.5 Å². The normalized spacial score (nSPS) is 14.8. The van der Waals surface area contributed by atoms with Gasteiger partial charge in [-0.1, -0.05) is 41.7 Å². The van der Waals surface area contributed by atoms with E-state index in [0.29, 0.717) is 32.0 Å². The van der Waals surface area contributed by atoms with Crippen molar-refractivity contribution in [2.24, 2.45) is 4.99 Å². The van der Waals surface area contributed by atoms with E-state index in [2.05, 4.69) is 5.32 Å². The molecule has 0 fully saturated rings. The third kappa shape index (κ3) is 5.23. The van der Waals surface area contributed by atoms with E-state index in [1.165, 1.54) is 23.5 Å². The highest BCUT2D eigenvalue weighted by Crippen LogP contribution is 2.32. The van der Waals surface area contributed by atoms with Crippen LogP contribution in [0.4, 0.5) is 10.1 Å². The molecule has 0 saturated heterocycles. The van der Waals surface area contributed by atoms with Gasteiger partial charge in [0.05, 0.1) is 29.0 Å². The highest BCUT2D eigenvalue weighted by Gasteiger charge is 2.33. The number of anilines is 1. The van der Waals surface area contributed by atoms with Crippen molar-refractivity contribution in [3.63, 3.8) is 0 Å². The first-order chi connectivity index (χ1) is 20.7. The molecule has 3 heterocycles. The third-order valence-electron chi connectivity index (χ3n) is 7.55. The number of amides is 1. The Kier molecular flexibility index (Phi) is 7.41. The SMILES string of the molecule is COc1cccc([C@H]2C(C(=O)Nc3ccccc3)=C(C)N=c3s/c(=C\c4cc(C)n(-c5ccc(F)cc5)c4C)c(=O)n32)c1. The minimum Gasteiger partial charge on any atom is -0.497 e. The van der Waals surface area contributed by atoms with Gasteiger partial charge in [0, 0.05) is 22.8 Å². The Morgan fingerprint density at radius 1 is 1.00 bits per heavy atom. The van der Waals surface area contributed by atoms with E-state index >= 15 is 0 Å². The summed E-state index contributed by atoms with van der Waals surface area (Å²) in [6.45, 7) is 5.73. The Morgan fingerprint density at radius 3 is 2.47 bits per heavy atom. The molecule has 7 nitrogen and oxygen atoms in total. The number of nitrogens with one attached hydrogen (secondary N) is 1. The number of carbonyl (C=O) groups is 1. The van der Waals surface area contributed by atoms with Crippen LogP contribution in [-0.4, -0.2) is 22.2 Å². The topological polar surface area (TPSA) is 77.6 Å². The van der Waals surface area contributed by atoms with Gasteiger partial charge in [-0.15, -0.1) is 0 Å². The van der Waals surface area contributed by atoms with Crippen molar-refractivity contribution in [3.05, 3.63) is 144 Å². The highest BCUT2D eigenvalue weighted by atomic mass is 32.1. The summed E-state index contributed by atoms with van der Waals surface area (Å²) < 4.78 is 23.2. The van der Waals surface area contributed by atoms with Crippen LogP contribution in [0.2, 0.25) is 0 Å². The van der Waals surface area contributed by atoms with Crippen molar-refractivity contribution in [2.45, 2.75) is 26.8 Å². The number of hydrogen-bond donors (Lipinski definition) is 1. The van der Waals surface area contributed by atoms with Gasteiger partial charge >= 0.3 is 0 Å². The molecule has 2 aromatic heterocycles. The number of halogens is 1. The third-order valence-corrected chi connectivity index (χ3v) is 8.53. The van der Waals surface area contributed by atoms with Crippen molar-refractivity contribution in [1.29, 1.82) is 0 Å². The molecule has 9 heteroatoms. The zero-order valence-corrected chi connectivity index (χ0v) is 24.9. The summed E-state index contributed by atoms with van der Waals surface area (Å²) in [7, 11) is 1.58.